The molecule has 1 nitrogen and oxygen atoms in total. The van der Waals surface area contributed by atoms with Gasteiger partial charge in [0.2, 0.25) is 0 Å². The largest absolute Gasteiger partial charge is 0.330 e. The topological polar surface area (TPSA) is 26.0 Å². The minimum Gasteiger partial charge on any atom is -0.330 e. The third-order valence-corrected chi connectivity index (χ3v) is 5.89. The van der Waals surface area contributed by atoms with E-state index in [0.717, 1.165) is 24.3 Å². The summed E-state index contributed by atoms with van der Waals surface area (Å²) < 4.78 is 0. The van der Waals surface area contributed by atoms with Gasteiger partial charge in [-0.15, -0.1) is 0 Å². The Morgan fingerprint density at radius 1 is 1.13 bits per heavy atom. The Morgan fingerprint density at radius 2 is 1.73 bits per heavy atom. The maximum atomic E-state index is 6.09. The summed E-state index contributed by atoms with van der Waals surface area (Å²) in [7, 11) is 0. The molecule has 0 spiro atoms. The second-order valence-corrected chi connectivity index (χ2v) is 7.18. The van der Waals surface area contributed by atoms with Crippen molar-refractivity contribution in [2.45, 2.75) is 52.4 Å². The van der Waals surface area contributed by atoms with Gasteiger partial charge in [-0.25, -0.2) is 0 Å². The van der Waals surface area contributed by atoms with Gasteiger partial charge in [0.1, 0.15) is 0 Å². The predicted octanol–water partition coefficient (Wildman–Crippen LogP) is 3.19. The summed E-state index contributed by atoms with van der Waals surface area (Å²) in [5.74, 6) is 2.92. The van der Waals surface area contributed by atoms with E-state index in [1.54, 1.807) is 0 Å². The summed E-state index contributed by atoms with van der Waals surface area (Å²) in [6, 6.07) is 0. The summed E-state index contributed by atoms with van der Waals surface area (Å²) in [6.45, 7) is 5.84. The average Bonchev–Trinajstić information content (AvgIpc) is 2.15. The highest BCUT2D eigenvalue weighted by atomic mass is 14.7. The van der Waals surface area contributed by atoms with Crippen molar-refractivity contribution in [1.29, 1.82) is 0 Å². The van der Waals surface area contributed by atoms with Crippen LogP contribution in [0.25, 0.3) is 0 Å². The van der Waals surface area contributed by atoms with E-state index in [4.69, 9.17) is 5.73 Å². The lowest BCUT2D eigenvalue weighted by Gasteiger charge is -2.63. The Kier molecular flexibility index (Phi) is 2.03. The van der Waals surface area contributed by atoms with Crippen LogP contribution in [0.2, 0.25) is 0 Å². The molecule has 4 aliphatic rings. The van der Waals surface area contributed by atoms with Crippen LogP contribution < -0.4 is 5.73 Å². The first-order chi connectivity index (χ1) is 7.07. The van der Waals surface area contributed by atoms with E-state index in [9.17, 15) is 0 Å². The zero-order chi connectivity index (χ0) is 10.7. The molecule has 2 unspecified atom stereocenters. The Hall–Kier alpha value is -0.0400. The zero-order valence-electron chi connectivity index (χ0n) is 10.3. The molecule has 4 rings (SSSR count). The van der Waals surface area contributed by atoms with Crippen LogP contribution in [0.3, 0.4) is 0 Å². The van der Waals surface area contributed by atoms with Crippen molar-refractivity contribution in [3.8, 4) is 0 Å². The minimum atomic E-state index is 0.564. The predicted molar refractivity (Wildman–Crippen MR) is 63.4 cm³/mol. The highest BCUT2D eigenvalue weighted by molar-refractivity contribution is 5.08. The molecule has 0 aromatic carbocycles. The fourth-order valence-electron chi connectivity index (χ4n) is 5.44. The molecule has 4 fully saturated rings. The molecule has 2 atom stereocenters. The van der Waals surface area contributed by atoms with Crippen molar-refractivity contribution in [2.75, 3.05) is 6.54 Å². The van der Waals surface area contributed by atoms with Crippen LogP contribution in [-0.4, -0.2) is 6.54 Å². The lowest BCUT2D eigenvalue weighted by atomic mass is 9.42. The lowest BCUT2D eigenvalue weighted by molar-refractivity contribution is -0.126. The molecular weight excluding hydrogens is 182 g/mol. The van der Waals surface area contributed by atoms with Crippen molar-refractivity contribution in [2.24, 2.45) is 34.3 Å². The Labute approximate surface area is 93.8 Å². The van der Waals surface area contributed by atoms with Crippen LogP contribution in [0.5, 0.6) is 0 Å². The van der Waals surface area contributed by atoms with Gasteiger partial charge >= 0.3 is 0 Å². The Balaban J connectivity index is 1.95. The molecule has 0 radical (unpaired) electrons. The van der Waals surface area contributed by atoms with Crippen LogP contribution in [-0.2, 0) is 0 Å². The molecule has 0 aromatic heterocycles. The van der Waals surface area contributed by atoms with Gasteiger partial charge in [0.25, 0.3) is 0 Å². The van der Waals surface area contributed by atoms with E-state index in [1.807, 2.05) is 0 Å². The van der Waals surface area contributed by atoms with E-state index in [2.05, 4.69) is 13.8 Å². The highest BCUT2D eigenvalue weighted by Gasteiger charge is 2.57. The molecule has 4 bridgehead atoms. The molecule has 0 aromatic rings. The summed E-state index contributed by atoms with van der Waals surface area (Å²) in [5.41, 5.74) is 7.33. The summed E-state index contributed by atoms with van der Waals surface area (Å²) in [6.07, 6.45) is 8.91. The van der Waals surface area contributed by atoms with Gasteiger partial charge in [-0.1, -0.05) is 13.8 Å². The van der Waals surface area contributed by atoms with E-state index in [0.29, 0.717) is 10.8 Å². The number of hydrogen-bond acceptors (Lipinski definition) is 1. The molecule has 0 amide bonds. The van der Waals surface area contributed by atoms with Crippen LogP contribution in [0, 0.1) is 28.6 Å². The molecule has 86 valence electrons. The molecular formula is C14H25N. The quantitative estimate of drug-likeness (QED) is 0.739. The minimum absolute atomic E-state index is 0.564. The maximum Gasteiger partial charge on any atom is -0.00201 e. The van der Waals surface area contributed by atoms with Crippen LogP contribution >= 0.6 is 0 Å². The smallest absolute Gasteiger partial charge is 0.00201 e. The van der Waals surface area contributed by atoms with Crippen molar-refractivity contribution < 1.29 is 0 Å². The summed E-state index contributed by atoms with van der Waals surface area (Å²) in [4.78, 5) is 0. The van der Waals surface area contributed by atoms with Gasteiger partial charge in [0.05, 0.1) is 0 Å². The first-order valence-corrected chi connectivity index (χ1v) is 6.78. The molecule has 2 N–H and O–H groups in total. The van der Waals surface area contributed by atoms with E-state index < -0.39 is 0 Å². The monoisotopic (exact) mass is 207 g/mol. The molecule has 4 saturated carbocycles. The Bertz CT molecular complexity index is 255. The summed E-state index contributed by atoms with van der Waals surface area (Å²) >= 11 is 0. The van der Waals surface area contributed by atoms with Crippen molar-refractivity contribution in [1.82, 2.24) is 0 Å². The third kappa shape index (κ3) is 1.32. The standard InChI is InChI=1S/C14H25N/c1-10(2)14-6-11-3-12(7-14)5-13(4-11,8-14)9-15/h10-12H,3-9,15H2,1-2H3. The second kappa shape index (κ2) is 3.00. The van der Waals surface area contributed by atoms with Crippen LogP contribution in [0.4, 0.5) is 0 Å². The average molecular weight is 207 g/mol. The fraction of sp³-hybridized carbons (Fsp3) is 1.00. The van der Waals surface area contributed by atoms with Gasteiger partial charge in [0, 0.05) is 0 Å². The van der Waals surface area contributed by atoms with E-state index in [1.165, 1.54) is 38.5 Å². The van der Waals surface area contributed by atoms with E-state index in [-0.39, 0.29) is 0 Å². The van der Waals surface area contributed by atoms with Crippen LogP contribution in [0.15, 0.2) is 0 Å². The molecule has 1 heteroatoms. The zero-order valence-corrected chi connectivity index (χ0v) is 10.3. The summed E-state index contributed by atoms with van der Waals surface area (Å²) in [5, 5.41) is 0. The molecule has 15 heavy (non-hydrogen) atoms. The van der Waals surface area contributed by atoms with Crippen LogP contribution in [0.1, 0.15) is 52.4 Å². The number of hydrogen-bond donors (Lipinski definition) is 1. The van der Waals surface area contributed by atoms with Crippen molar-refractivity contribution in [3.63, 3.8) is 0 Å². The lowest BCUT2D eigenvalue weighted by Crippen LogP contribution is -2.56. The SMILES string of the molecule is CC(C)C12CC3CC(CC(CN)(C3)C1)C2. The molecule has 4 aliphatic carbocycles. The molecule has 0 aliphatic heterocycles. The fourth-order valence-corrected chi connectivity index (χ4v) is 5.44. The van der Waals surface area contributed by atoms with Gasteiger partial charge in [-0.05, 0) is 73.7 Å². The Morgan fingerprint density at radius 3 is 2.20 bits per heavy atom. The molecule has 0 saturated heterocycles. The molecule has 0 heterocycles. The third-order valence-electron chi connectivity index (χ3n) is 5.89. The number of rotatable bonds is 2. The normalized spacial score (nSPS) is 52.8. The van der Waals surface area contributed by atoms with Gasteiger partial charge < -0.3 is 5.73 Å². The first-order valence-electron chi connectivity index (χ1n) is 6.78. The maximum absolute atomic E-state index is 6.09. The van der Waals surface area contributed by atoms with E-state index >= 15 is 0 Å². The van der Waals surface area contributed by atoms with Gasteiger partial charge in [-0.2, -0.15) is 0 Å². The van der Waals surface area contributed by atoms with Gasteiger partial charge in [0.15, 0.2) is 0 Å². The van der Waals surface area contributed by atoms with Crippen molar-refractivity contribution in [3.05, 3.63) is 0 Å². The first kappa shape index (κ1) is 10.1. The number of nitrogens with two attached hydrogens (primary N) is 1. The van der Waals surface area contributed by atoms with Gasteiger partial charge in [-0.3, -0.25) is 0 Å². The highest BCUT2D eigenvalue weighted by Crippen LogP contribution is 2.66. The van der Waals surface area contributed by atoms with Crippen molar-refractivity contribution >= 4 is 0 Å². The second-order valence-electron chi connectivity index (χ2n) is 7.18.